The minimum Gasteiger partial charge on any atom is -0.502 e. The summed E-state index contributed by atoms with van der Waals surface area (Å²) >= 11 is 5.91. The molecule has 0 bridgehead atoms. The number of hydrogen-bond acceptors (Lipinski definition) is 7. The first kappa shape index (κ1) is 16.8. The van der Waals surface area contributed by atoms with Gasteiger partial charge in [-0.2, -0.15) is 0 Å². The lowest BCUT2D eigenvalue weighted by Gasteiger charge is -2.17. The maximum absolute atomic E-state index is 12.5. The molecule has 2 aliphatic rings. The van der Waals surface area contributed by atoms with E-state index in [4.69, 9.17) is 11.6 Å². The monoisotopic (exact) mass is 367 g/mol. The molecule has 0 aromatic heterocycles. The summed E-state index contributed by atoms with van der Waals surface area (Å²) in [5.74, 6) is -2.41. The quantitative estimate of drug-likeness (QED) is 0.491. The zero-order chi connectivity index (χ0) is 18.5. The Morgan fingerprint density at radius 3 is 1.92 bits per heavy atom. The van der Waals surface area contributed by atoms with Gasteiger partial charge in [0.05, 0.1) is 15.5 Å². The normalized spacial score (nSPS) is 17.1. The SMILES string of the molecule is O=C1C2=C(CCCC2)C(=O)N1c1cc(O)c([N+](=O)[O-])c([N+](=O)[O-])c1Cl. The molecule has 1 heterocycles. The molecule has 1 N–H and O–H groups in total. The summed E-state index contributed by atoms with van der Waals surface area (Å²) in [4.78, 5) is 45.6. The molecule has 0 atom stereocenters. The molecule has 0 radical (unpaired) electrons. The molecule has 10 nitrogen and oxygen atoms in total. The van der Waals surface area contributed by atoms with Gasteiger partial charge in [0, 0.05) is 17.2 Å². The van der Waals surface area contributed by atoms with E-state index < -0.39 is 49.5 Å². The standard InChI is InChI=1S/C14H10ClN3O7/c15-10-8(5-9(19)11(17(22)23)12(10)18(24)25)16-13(20)6-3-1-2-4-7(6)14(16)21/h5,19H,1-4H2. The highest BCUT2D eigenvalue weighted by molar-refractivity contribution is 6.40. The Bertz CT molecular complexity index is 865. The Kier molecular flexibility index (Phi) is 3.91. The first-order valence-electron chi connectivity index (χ1n) is 7.20. The van der Waals surface area contributed by atoms with Crippen LogP contribution in [0.1, 0.15) is 25.7 Å². The van der Waals surface area contributed by atoms with Crippen LogP contribution >= 0.6 is 11.6 Å². The van der Waals surface area contributed by atoms with E-state index in [1.807, 2.05) is 0 Å². The molecule has 0 fully saturated rings. The summed E-state index contributed by atoms with van der Waals surface area (Å²) in [7, 11) is 0. The maximum atomic E-state index is 12.5. The van der Waals surface area contributed by atoms with Gasteiger partial charge in [-0.15, -0.1) is 0 Å². The summed E-state index contributed by atoms with van der Waals surface area (Å²) in [6, 6.07) is 0.724. The van der Waals surface area contributed by atoms with Gasteiger partial charge >= 0.3 is 11.4 Å². The predicted octanol–water partition coefficient (Wildman–Crippen LogP) is 2.61. The number of carbonyl (C=O) groups is 2. The molecule has 0 saturated carbocycles. The van der Waals surface area contributed by atoms with E-state index >= 15 is 0 Å². The van der Waals surface area contributed by atoms with Crippen molar-refractivity contribution in [3.63, 3.8) is 0 Å². The fraction of sp³-hybridized carbons (Fsp3) is 0.286. The number of anilines is 1. The van der Waals surface area contributed by atoms with Crippen LogP contribution in [0, 0.1) is 20.2 Å². The van der Waals surface area contributed by atoms with Gasteiger partial charge in [-0.3, -0.25) is 29.8 Å². The van der Waals surface area contributed by atoms with E-state index in [-0.39, 0.29) is 0 Å². The van der Waals surface area contributed by atoms with Gasteiger partial charge in [0.25, 0.3) is 11.8 Å². The number of carbonyl (C=O) groups excluding carboxylic acids is 2. The fourth-order valence-corrected chi connectivity index (χ4v) is 3.37. The van der Waals surface area contributed by atoms with Crippen LogP contribution in [-0.2, 0) is 9.59 Å². The first-order chi connectivity index (χ1) is 11.8. The second kappa shape index (κ2) is 5.81. The molecule has 3 rings (SSSR count). The maximum Gasteiger partial charge on any atom is 0.388 e. The number of rotatable bonds is 3. The number of amides is 2. The van der Waals surface area contributed by atoms with Gasteiger partial charge in [-0.1, -0.05) is 11.6 Å². The lowest BCUT2D eigenvalue weighted by atomic mass is 9.93. The van der Waals surface area contributed by atoms with Crippen molar-refractivity contribution < 1.29 is 24.5 Å². The van der Waals surface area contributed by atoms with E-state index in [0.29, 0.717) is 28.9 Å². The van der Waals surface area contributed by atoms with Crippen LogP contribution in [0.2, 0.25) is 5.02 Å². The lowest BCUT2D eigenvalue weighted by Crippen LogP contribution is -2.32. The minimum absolute atomic E-state index is 0.313. The third-order valence-corrected chi connectivity index (χ3v) is 4.54. The van der Waals surface area contributed by atoms with Crippen LogP contribution in [-0.4, -0.2) is 26.8 Å². The molecule has 1 aromatic rings. The van der Waals surface area contributed by atoms with E-state index in [9.17, 15) is 34.9 Å². The molecule has 130 valence electrons. The molecule has 2 amide bonds. The summed E-state index contributed by atoms with van der Waals surface area (Å²) in [5, 5.41) is 31.3. The third kappa shape index (κ3) is 2.41. The molecular formula is C14H10ClN3O7. The van der Waals surface area contributed by atoms with Gasteiger partial charge in [0.15, 0.2) is 5.02 Å². The van der Waals surface area contributed by atoms with E-state index in [2.05, 4.69) is 0 Å². The third-order valence-electron chi connectivity index (χ3n) is 4.17. The molecule has 0 unspecified atom stereocenters. The highest BCUT2D eigenvalue weighted by Crippen LogP contribution is 2.48. The fourth-order valence-electron chi connectivity index (χ4n) is 3.08. The first-order valence-corrected chi connectivity index (χ1v) is 7.58. The average molecular weight is 368 g/mol. The predicted molar refractivity (Wildman–Crippen MR) is 84.4 cm³/mol. The molecule has 0 spiro atoms. The number of nitro benzene ring substituents is 2. The van der Waals surface area contributed by atoms with Crippen molar-refractivity contribution >= 4 is 40.5 Å². The Hall–Kier alpha value is -3.01. The number of phenolic OH excluding ortho intramolecular Hbond substituents is 1. The van der Waals surface area contributed by atoms with Gasteiger partial charge in [0.1, 0.15) is 0 Å². The van der Waals surface area contributed by atoms with Crippen LogP contribution < -0.4 is 4.90 Å². The van der Waals surface area contributed by atoms with Crippen molar-refractivity contribution in [3.05, 3.63) is 42.5 Å². The van der Waals surface area contributed by atoms with Crippen molar-refractivity contribution in [1.82, 2.24) is 0 Å². The number of halogens is 1. The van der Waals surface area contributed by atoms with Gasteiger partial charge < -0.3 is 5.11 Å². The van der Waals surface area contributed by atoms with Crippen LogP contribution in [0.25, 0.3) is 0 Å². The topological polar surface area (TPSA) is 144 Å². The second-order valence-electron chi connectivity index (χ2n) is 5.55. The average Bonchev–Trinajstić information content (AvgIpc) is 2.80. The van der Waals surface area contributed by atoms with Gasteiger partial charge in [-0.25, -0.2) is 4.90 Å². The molecule has 25 heavy (non-hydrogen) atoms. The van der Waals surface area contributed by atoms with Gasteiger partial charge in [0.2, 0.25) is 5.75 Å². The molecule has 1 aromatic carbocycles. The van der Waals surface area contributed by atoms with E-state index in [0.717, 1.165) is 18.9 Å². The van der Waals surface area contributed by atoms with Crippen molar-refractivity contribution in [1.29, 1.82) is 0 Å². The summed E-state index contributed by atoms with van der Waals surface area (Å²) in [5.41, 5.74) is -2.19. The lowest BCUT2D eigenvalue weighted by molar-refractivity contribution is -0.423. The van der Waals surface area contributed by atoms with E-state index in [1.165, 1.54) is 0 Å². The van der Waals surface area contributed by atoms with E-state index in [1.54, 1.807) is 0 Å². The number of imide groups is 1. The van der Waals surface area contributed by atoms with Crippen LogP contribution in [0.3, 0.4) is 0 Å². The Morgan fingerprint density at radius 1 is 1.00 bits per heavy atom. The minimum atomic E-state index is -1.20. The Labute approximate surface area is 144 Å². The Balaban J connectivity index is 2.20. The molecular weight excluding hydrogens is 358 g/mol. The smallest absolute Gasteiger partial charge is 0.388 e. The number of hydrogen-bond donors (Lipinski definition) is 1. The van der Waals surface area contributed by atoms with Gasteiger partial charge in [-0.05, 0) is 25.7 Å². The highest BCUT2D eigenvalue weighted by Gasteiger charge is 2.44. The zero-order valence-electron chi connectivity index (χ0n) is 12.5. The summed E-state index contributed by atoms with van der Waals surface area (Å²) in [6.07, 6.45) is 2.25. The molecule has 1 aliphatic carbocycles. The number of benzene rings is 1. The summed E-state index contributed by atoms with van der Waals surface area (Å²) in [6.45, 7) is 0. The van der Waals surface area contributed by atoms with Crippen molar-refractivity contribution in [2.24, 2.45) is 0 Å². The number of nitrogens with zero attached hydrogens (tertiary/aromatic N) is 3. The van der Waals surface area contributed by atoms with Crippen molar-refractivity contribution in [3.8, 4) is 5.75 Å². The number of aromatic hydroxyl groups is 1. The molecule has 11 heteroatoms. The highest BCUT2D eigenvalue weighted by atomic mass is 35.5. The number of nitro groups is 2. The zero-order valence-corrected chi connectivity index (χ0v) is 13.3. The van der Waals surface area contributed by atoms with Crippen LogP contribution in [0.5, 0.6) is 5.75 Å². The molecule has 0 saturated heterocycles. The summed E-state index contributed by atoms with van der Waals surface area (Å²) < 4.78 is 0. The van der Waals surface area contributed by atoms with Crippen LogP contribution in [0.15, 0.2) is 17.2 Å². The van der Waals surface area contributed by atoms with Crippen molar-refractivity contribution in [2.45, 2.75) is 25.7 Å². The van der Waals surface area contributed by atoms with Crippen molar-refractivity contribution in [2.75, 3.05) is 4.90 Å². The second-order valence-corrected chi connectivity index (χ2v) is 5.93. The van der Waals surface area contributed by atoms with Crippen LogP contribution in [0.4, 0.5) is 17.1 Å². The molecule has 1 aliphatic heterocycles. The largest absolute Gasteiger partial charge is 0.502 e. The Morgan fingerprint density at radius 2 is 1.48 bits per heavy atom. The number of phenols is 1.